The molecule has 0 radical (unpaired) electrons. The standard InChI is InChI=1S/C14H18N2OS/c1-10-9-12(11(2)16(10)3)6-7-15-14(17)13-5-4-8-18-13/h4-5,8-9H,6-7H2,1-3H3,(H,15,17). The Labute approximate surface area is 111 Å². The van der Waals surface area contributed by atoms with Gasteiger partial charge in [-0.15, -0.1) is 11.3 Å². The normalized spacial score (nSPS) is 10.6. The Hall–Kier alpha value is -1.55. The number of aromatic nitrogens is 1. The van der Waals surface area contributed by atoms with Crippen LogP contribution < -0.4 is 5.32 Å². The molecule has 2 heterocycles. The average Bonchev–Trinajstić information content (AvgIpc) is 2.95. The van der Waals surface area contributed by atoms with Crippen LogP contribution in [0.5, 0.6) is 0 Å². The van der Waals surface area contributed by atoms with Crippen molar-refractivity contribution in [3.63, 3.8) is 0 Å². The highest BCUT2D eigenvalue weighted by molar-refractivity contribution is 7.12. The topological polar surface area (TPSA) is 34.0 Å². The summed E-state index contributed by atoms with van der Waals surface area (Å²) in [6.07, 6.45) is 0.880. The summed E-state index contributed by atoms with van der Waals surface area (Å²) in [4.78, 5) is 12.5. The van der Waals surface area contributed by atoms with E-state index in [4.69, 9.17) is 0 Å². The van der Waals surface area contributed by atoms with Gasteiger partial charge in [-0.3, -0.25) is 4.79 Å². The lowest BCUT2D eigenvalue weighted by Crippen LogP contribution is -2.24. The van der Waals surface area contributed by atoms with Crippen LogP contribution >= 0.6 is 11.3 Å². The molecule has 2 aromatic rings. The van der Waals surface area contributed by atoms with Crippen molar-refractivity contribution in [1.82, 2.24) is 9.88 Å². The molecule has 0 saturated carbocycles. The fourth-order valence-corrected chi connectivity index (χ4v) is 2.63. The van der Waals surface area contributed by atoms with E-state index in [1.165, 1.54) is 28.3 Å². The summed E-state index contributed by atoms with van der Waals surface area (Å²) >= 11 is 1.47. The summed E-state index contributed by atoms with van der Waals surface area (Å²) < 4.78 is 2.18. The summed E-state index contributed by atoms with van der Waals surface area (Å²) in [6.45, 7) is 4.89. The van der Waals surface area contributed by atoms with Gasteiger partial charge in [0.15, 0.2) is 0 Å². The predicted molar refractivity (Wildman–Crippen MR) is 75.2 cm³/mol. The summed E-state index contributed by atoms with van der Waals surface area (Å²) in [5.41, 5.74) is 3.84. The quantitative estimate of drug-likeness (QED) is 0.903. The molecule has 0 aliphatic carbocycles. The van der Waals surface area contributed by atoms with Crippen LogP contribution in [0.25, 0.3) is 0 Å². The van der Waals surface area contributed by atoms with Crippen molar-refractivity contribution in [2.45, 2.75) is 20.3 Å². The molecule has 96 valence electrons. The van der Waals surface area contributed by atoms with Gasteiger partial charge in [0.2, 0.25) is 0 Å². The summed E-state index contributed by atoms with van der Waals surface area (Å²) in [7, 11) is 2.07. The minimum absolute atomic E-state index is 0.0234. The molecule has 0 bridgehead atoms. The molecule has 0 saturated heterocycles. The number of carbonyl (C=O) groups is 1. The second-order valence-electron chi connectivity index (χ2n) is 4.44. The van der Waals surface area contributed by atoms with Crippen molar-refractivity contribution in [3.8, 4) is 0 Å². The molecular weight excluding hydrogens is 244 g/mol. The van der Waals surface area contributed by atoms with Gasteiger partial charge in [-0.2, -0.15) is 0 Å². The lowest BCUT2D eigenvalue weighted by Gasteiger charge is -2.04. The van der Waals surface area contributed by atoms with Gasteiger partial charge in [0.25, 0.3) is 5.91 Å². The first-order valence-corrected chi connectivity index (χ1v) is 6.91. The van der Waals surface area contributed by atoms with Crippen molar-refractivity contribution in [3.05, 3.63) is 45.4 Å². The number of rotatable bonds is 4. The smallest absolute Gasteiger partial charge is 0.261 e. The highest BCUT2D eigenvalue weighted by atomic mass is 32.1. The Morgan fingerprint density at radius 1 is 1.44 bits per heavy atom. The van der Waals surface area contributed by atoms with Gasteiger partial charge < -0.3 is 9.88 Å². The van der Waals surface area contributed by atoms with Crippen LogP contribution in [-0.2, 0) is 13.5 Å². The van der Waals surface area contributed by atoms with Gasteiger partial charge in [0, 0.05) is 25.0 Å². The second kappa shape index (κ2) is 5.40. The number of amides is 1. The average molecular weight is 262 g/mol. The molecule has 0 aliphatic heterocycles. The zero-order valence-electron chi connectivity index (χ0n) is 11.0. The monoisotopic (exact) mass is 262 g/mol. The predicted octanol–water partition coefficient (Wildman–Crippen LogP) is 2.68. The zero-order chi connectivity index (χ0) is 13.1. The van der Waals surface area contributed by atoms with E-state index < -0.39 is 0 Å². The number of nitrogens with one attached hydrogen (secondary N) is 1. The van der Waals surface area contributed by atoms with E-state index in [1.807, 2.05) is 17.5 Å². The van der Waals surface area contributed by atoms with Crippen LogP contribution in [0.2, 0.25) is 0 Å². The lowest BCUT2D eigenvalue weighted by atomic mass is 10.2. The molecule has 2 aromatic heterocycles. The van der Waals surface area contributed by atoms with E-state index in [-0.39, 0.29) is 5.91 Å². The lowest BCUT2D eigenvalue weighted by molar-refractivity contribution is 0.0958. The van der Waals surface area contributed by atoms with E-state index in [1.54, 1.807) is 0 Å². The Morgan fingerprint density at radius 3 is 2.78 bits per heavy atom. The first-order valence-electron chi connectivity index (χ1n) is 6.03. The van der Waals surface area contributed by atoms with E-state index in [2.05, 4.69) is 36.8 Å². The number of carbonyl (C=O) groups excluding carboxylic acids is 1. The Bertz CT molecular complexity index is 540. The van der Waals surface area contributed by atoms with E-state index in [0.29, 0.717) is 6.54 Å². The molecular formula is C14H18N2OS. The molecule has 0 unspecified atom stereocenters. The van der Waals surface area contributed by atoms with Crippen LogP contribution in [0, 0.1) is 13.8 Å². The van der Waals surface area contributed by atoms with Crippen molar-refractivity contribution in [2.75, 3.05) is 6.54 Å². The first kappa shape index (κ1) is 12.9. The molecule has 0 atom stereocenters. The van der Waals surface area contributed by atoms with Crippen molar-refractivity contribution < 1.29 is 4.79 Å². The van der Waals surface area contributed by atoms with E-state index in [0.717, 1.165) is 11.3 Å². The molecule has 1 amide bonds. The zero-order valence-corrected chi connectivity index (χ0v) is 11.8. The molecule has 2 rings (SSSR count). The third-order valence-corrected chi connectivity index (χ3v) is 4.17. The molecule has 1 N–H and O–H groups in total. The van der Waals surface area contributed by atoms with Crippen LogP contribution in [0.1, 0.15) is 26.6 Å². The van der Waals surface area contributed by atoms with Gasteiger partial charge in [0.05, 0.1) is 4.88 Å². The van der Waals surface area contributed by atoms with Gasteiger partial charge >= 0.3 is 0 Å². The fraction of sp³-hybridized carbons (Fsp3) is 0.357. The first-order chi connectivity index (χ1) is 8.59. The van der Waals surface area contributed by atoms with E-state index >= 15 is 0 Å². The molecule has 3 nitrogen and oxygen atoms in total. The van der Waals surface area contributed by atoms with Crippen molar-refractivity contribution in [1.29, 1.82) is 0 Å². The maximum absolute atomic E-state index is 11.7. The number of hydrogen-bond donors (Lipinski definition) is 1. The molecule has 0 spiro atoms. The highest BCUT2D eigenvalue weighted by Crippen LogP contribution is 2.13. The number of thiophene rings is 1. The highest BCUT2D eigenvalue weighted by Gasteiger charge is 2.08. The van der Waals surface area contributed by atoms with Crippen molar-refractivity contribution in [2.24, 2.45) is 7.05 Å². The van der Waals surface area contributed by atoms with Crippen LogP contribution in [0.3, 0.4) is 0 Å². The third-order valence-electron chi connectivity index (χ3n) is 3.30. The molecule has 0 fully saturated rings. The SMILES string of the molecule is Cc1cc(CCNC(=O)c2cccs2)c(C)n1C. The summed E-state index contributed by atoms with van der Waals surface area (Å²) in [5.74, 6) is 0.0234. The van der Waals surface area contributed by atoms with Gasteiger partial charge in [-0.25, -0.2) is 0 Å². The molecule has 18 heavy (non-hydrogen) atoms. The van der Waals surface area contributed by atoms with Gasteiger partial charge in [0.1, 0.15) is 0 Å². The summed E-state index contributed by atoms with van der Waals surface area (Å²) in [6, 6.07) is 5.93. The van der Waals surface area contributed by atoms with Crippen LogP contribution in [0.4, 0.5) is 0 Å². The largest absolute Gasteiger partial charge is 0.352 e. The van der Waals surface area contributed by atoms with Crippen LogP contribution in [-0.4, -0.2) is 17.0 Å². The number of aryl methyl sites for hydroxylation is 1. The maximum Gasteiger partial charge on any atom is 0.261 e. The van der Waals surface area contributed by atoms with E-state index in [9.17, 15) is 4.79 Å². The second-order valence-corrected chi connectivity index (χ2v) is 5.39. The minimum atomic E-state index is 0.0234. The van der Waals surface area contributed by atoms with Crippen molar-refractivity contribution >= 4 is 17.2 Å². The Balaban J connectivity index is 1.89. The molecule has 0 aliphatic rings. The Morgan fingerprint density at radius 2 is 2.22 bits per heavy atom. The molecule has 4 heteroatoms. The Kier molecular flexibility index (Phi) is 3.87. The van der Waals surface area contributed by atoms with Gasteiger partial charge in [-0.05, 0) is 43.3 Å². The molecule has 0 aromatic carbocycles. The number of hydrogen-bond acceptors (Lipinski definition) is 2. The minimum Gasteiger partial charge on any atom is -0.352 e. The third kappa shape index (κ3) is 2.64. The summed E-state index contributed by atoms with van der Waals surface area (Å²) in [5, 5.41) is 4.87. The maximum atomic E-state index is 11.7. The fourth-order valence-electron chi connectivity index (χ4n) is 1.99. The van der Waals surface area contributed by atoms with Gasteiger partial charge in [-0.1, -0.05) is 6.07 Å². The van der Waals surface area contributed by atoms with Crippen LogP contribution in [0.15, 0.2) is 23.6 Å². The number of nitrogens with zero attached hydrogens (tertiary/aromatic N) is 1.